The third-order valence-electron chi connectivity index (χ3n) is 3.49. The van der Waals surface area contributed by atoms with E-state index >= 15 is 0 Å². The number of aryl methyl sites for hydroxylation is 1. The third kappa shape index (κ3) is 1.84. The number of aromatic amines is 1. The first-order valence-electron chi connectivity index (χ1n) is 5.94. The number of rotatable bonds is 1. The molecule has 1 aromatic heterocycles. The standard InChI is InChI=1S/C12H19N3O/c1-8-5-4-6-9(2)15(8)12(16)11-7-13-14-10(11)3/h7-9H,4-6H2,1-3H3,(H,13,14)/t8-,9+. The van der Waals surface area contributed by atoms with Crippen LogP contribution in [0.5, 0.6) is 0 Å². The van der Waals surface area contributed by atoms with Crippen LogP contribution in [-0.2, 0) is 0 Å². The lowest BCUT2D eigenvalue weighted by Crippen LogP contribution is -2.47. The highest BCUT2D eigenvalue weighted by Gasteiger charge is 2.30. The molecule has 1 aromatic rings. The smallest absolute Gasteiger partial charge is 0.257 e. The third-order valence-corrected chi connectivity index (χ3v) is 3.49. The number of H-pyrrole nitrogens is 1. The van der Waals surface area contributed by atoms with Crippen molar-refractivity contribution in [3.8, 4) is 0 Å². The molecule has 1 N–H and O–H groups in total. The van der Waals surface area contributed by atoms with Crippen molar-refractivity contribution in [2.75, 3.05) is 0 Å². The molecule has 1 aliphatic rings. The zero-order chi connectivity index (χ0) is 11.7. The Bertz CT molecular complexity index is 375. The van der Waals surface area contributed by atoms with Crippen molar-refractivity contribution in [3.05, 3.63) is 17.5 Å². The average Bonchev–Trinajstić information content (AvgIpc) is 2.64. The summed E-state index contributed by atoms with van der Waals surface area (Å²) in [5.74, 6) is 0.117. The van der Waals surface area contributed by atoms with Crippen LogP contribution in [0, 0.1) is 6.92 Å². The van der Waals surface area contributed by atoms with E-state index in [9.17, 15) is 4.79 Å². The van der Waals surface area contributed by atoms with Crippen LogP contribution in [-0.4, -0.2) is 33.1 Å². The minimum absolute atomic E-state index is 0.117. The Hall–Kier alpha value is -1.32. The Kier molecular flexibility index (Phi) is 2.99. The Morgan fingerprint density at radius 2 is 2.06 bits per heavy atom. The van der Waals surface area contributed by atoms with E-state index < -0.39 is 0 Å². The van der Waals surface area contributed by atoms with Gasteiger partial charge in [0.1, 0.15) is 0 Å². The van der Waals surface area contributed by atoms with Crippen molar-refractivity contribution in [3.63, 3.8) is 0 Å². The molecule has 1 fully saturated rings. The summed E-state index contributed by atoms with van der Waals surface area (Å²) >= 11 is 0. The van der Waals surface area contributed by atoms with E-state index in [4.69, 9.17) is 0 Å². The number of hydrogen-bond donors (Lipinski definition) is 1. The van der Waals surface area contributed by atoms with Gasteiger partial charge in [0.2, 0.25) is 0 Å². The fourth-order valence-corrected chi connectivity index (χ4v) is 2.53. The first-order valence-corrected chi connectivity index (χ1v) is 5.94. The first kappa shape index (κ1) is 11.2. The lowest BCUT2D eigenvalue weighted by atomic mass is 9.96. The number of nitrogens with zero attached hydrogens (tertiary/aromatic N) is 2. The van der Waals surface area contributed by atoms with E-state index in [1.54, 1.807) is 6.20 Å². The molecule has 0 unspecified atom stereocenters. The normalized spacial score (nSPS) is 25.8. The molecule has 0 bridgehead atoms. The van der Waals surface area contributed by atoms with Crippen molar-refractivity contribution in [2.45, 2.75) is 52.1 Å². The fourth-order valence-electron chi connectivity index (χ4n) is 2.53. The molecule has 0 aromatic carbocycles. The number of piperidine rings is 1. The van der Waals surface area contributed by atoms with Crippen LogP contribution < -0.4 is 0 Å². The molecule has 16 heavy (non-hydrogen) atoms. The Morgan fingerprint density at radius 1 is 1.44 bits per heavy atom. The van der Waals surface area contributed by atoms with Gasteiger partial charge in [0, 0.05) is 17.8 Å². The molecule has 2 rings (SSSR count). The van der Waals surface area contributed by atoms with Crippen molar-refractivity contribution in [2.24, 2.45) is 0 Å². The van der Waals surface area contributed by atoms with Gasteiger partial charge in [-0.2, -0.15) is 5.10 Å². The highest BCUT2D eigenvalue weighted by atomic mass is 16.2. The molecule has 2 heterocycles. The predicted molar refractivity (Wildman–Crippen MR) is 62.3 cm³/mol. The summed E-state index contributed by atoms with van der Waals surface area (Å²) in [5.41, 5.74) is 1.57. The van der Waals surface area contributed by atoms with Gasteiger partial charge in [0.25, 0.3) is 5.91 Å². The van der Waals surface area contributed by atoms with Crippen LogP contribution >= 0.6 is 0 Å². The molecule has 88 valence electrons. The number of hydrogen-bond acceptors (Lipinski definition) is 2. The summed E-state index contributed by atoms with van der Waals surface area (Å²) in [6.07, 6.45) is 5.06. The summed E-state index contributed by atoms with van der Waals surface area (Å²) in [6, 6.07) is 0.677. The van der Waals surface area contributed by atoms with Gasteiger partial charge in [0.15, 0.2) is 0 Å². The molecule has 1 saturated heterocycles. The number of likely N-dealkylation sites (tertiary alicyclic amines) is 1. The van der Waals surface area contributed by atoms with Crippen LogP contribution in [0.4, 0.5) is 0 Å². The van der Waals surface area contributed by atoms with E-state index in [1.807, 2.05) is 11.8 Å². The second-order valence-corrected chi connectivity index (χ2v) is 4.75. The lowest BCUT2D eigenvalue weighted by Gasteiger charge is -2.39. The fraction of sp³-hybridized carbons (Fsp3) is 0.667. The summed E-state index contributed by atoms with van der Waals surface area (Å²) in [6.45, 7) is 6.14. The monoisotopic (exact) mass is 221 g/mol. The van der Waals surface area contributed by atoms with Gasteiger partial charge in [-0.15, -0.1) is 0 Å². The van der Waals surface area contributed by atoms with Crippen molar-refractivity contribution in [1.29, 1.82) is 0 Å². The molecule has 2 atom stereocenters. The van der Waals surface area contributed by atoms with E-state index in [1.165, 1.54) is 6.42 Å². The Morgan fingerprint density at radius 3 is 2.56 bits per heavy atom. The quantitative estimate of drug-likeness (QED) is 0.789. The second kappa shape index (κ2) is 4.28. The van der Waals surface area contributed by atoms with E-state index in [-0.39, 0.29) is 5.91 Å². The van der Waals surface area contributed by atoms with Gasteiger partial charge in [-0.25, -0.2) is 0 Å². The summed E-state index contributed by atoms with van der Waals surface area (Å²) in [7, 11) is 0. The topological polar surface area (TPSA) is 49.0 Å². The summed E-state index contributed by atoms with van der Waals surface area (Å²) in [5, 5.41) is 6.74. The van der Waals surface area contributed by atoms with Crippen molar-refractivity contribution in [1.82, 2.24) is 15.1 Å². The zero-order valence-corrected chi connectivity index (χ0v) is 10.2. The molecule has 0 aliphatic carbocycles. The first-order chi connectivity index (χ1) is 7.61. The van der Waals surface area contributed by atoms with Gasteiger partial charge >= 0.3 is 0 Å². The minimum atomic E-state index is 0.117. The molecule has 1 aliphatic heterocycles. The van der Waals surface area contributed by atoms with Gasteiger partial charge in [-0.1, -0.05) is 0 Å². The van der Waals surface area contributed by atoms with Crippen LogP contribution in [0.15, 0.2) is 6.20 Å². The highest BCUT2D eigenvalue weighted by Crippen LogP contribution is 2.24. The summed E-state index contributed by atoms with van der Waals surface area (Å²) in [4.78, 5) is 14.4. The molecule has 0 radical (unpaired) electrons. The maximum Gasteiger partial charge on any atom is 0.257 e. The zero-order valence-electron chi connectivity index (χ0n) is 10.2. The molecule has 0 saturated carbocycles. The number of carbonyl (C=O) groups is 1. The van der Waals surface area contributed by atoms with Crippen LogP contribution in [0.25, 0.3) is 0 Å². The SMILES string of the molecule is Cc1[nH]ncc1C(=O)N1[C@H](C)CCC[C@@H]1C. The number of aromatic nitrogens is 2. The summed E-state index contributed by atoms with van der Waals surface area (Å²) < 4.78 is 0. The predicted octanol–water partition coefficient (Wildman–Crippen LogP) is 2.12. The van der Waals surface area contributed by atoms with Crippen LogP contribution in [0.3, 0.4) is 0 Å². The van der Waals surface area contributed by atoms with E-state index in [2.05, 4.69) is 24.0 Å². The van der Waals surface area contributed by atoms with Crippen LogP contribution in [0.2, 0.25) is 0 Å². The Balaban J connectivity index is 2.23. The van der Waals surface area contributed by atoms with Gasteiger partial charge in [-0.3, -0.25) is 9.89 Å². The number of carbonyl (C=O) groups excluding carboxylic acids is 1. The molecule has 4 nitrogen and oxygen atoms in total. The lowest BCUT2D eigenvalue weighted by molar-refractivity contribution is 0.0510. The van der Waals surface area contributed by atoms with E-state index in [0.29, 0.717) is 17.6 Å². The van der Waals surface area contributed by atoms with Crippen molar-refractivity contribution < 1.29 is 4.79 Å². The number of nitrogens with one attached hydrogen (secondary N) is 1. The van der Waals surface area contributed by atoms with Crippen LogP contribution in [0.1, 0.15) is 49.2 Å². The molecule has 4 heteroatoms. The molecule has 0 spiro atoms. The van der Waals surface area contributed by atoms with Gasteiger partial charge in [0.05, 0.1) is 11.8 Å². The molecule has 1 amide bonds. The highest BCUT2D eigenvalue weighted by molar-refractivity contribution is 5.95. The second-order valence-electron chi connectivity index (χ2n) is 4.75. The van der Waals surface area contributed by atoms with E-state index in [0.717, 1.165) is 18.5 Å². The van der Waals surface area contributed by atoms with Crippen molar-refractivity contribution >= 4 is 5.91 Å². The van der Waals surface area contributed by atoms with Gasteiger partial charge < -0.3 is 4.90 Å². The average molecular weight is 221 g/mol. The number of amides is 1. The minimum Gasteiger partial charge on any atom is -0.333 e. The molecular weight excluding hydrogens is 202 g/mol. The maximum absolute atomic E-state index is 12.4. The maximum atomic E-state index is 12.4. The molecular formula is C12H19N3O. The van der Waals surface area contributed by atoms with Gasteiger partial charge in [-0.05, 0) is 40.0 Å². The Labute approximate surface area is 96.0 Å². The largest absolute Gasteiger partial charge is 0.333 e.